The van der Waals surface area contributed by atoms with E-state index in [1.54, 1.807) is 20.8 Å². The minimum atomic E-state index is -0.520. The molecule has 2 N–H and O–H groups in total. The molecule has 0 aliphatic heterocycles. The second kappa shape index (κ2) is 15.8. The van der Waals surface area contributed by atoms with E-state index in [2.05, 4.69) is 31.3 Å². The second-order valence-electron chi connectivity index (χ2n) is 6.93. The highest BCUT2D eigenvalue weighted by atomic mass is 79.9. The van der Waals surface area contributed by atoms with Crippen LogP contribution in [0.15, 0.2) is 10.6 Å². The summed E-state index contributed by atoms with van der Waals surface area (Å²) in [4.78, 5) is 45.9. The van der Waals surface area contributed by atoms with Crippen LogP contribution >= 0.6 is 15.9 Å². The van der Waals surface area contributed by atoms with Crippen LogP contribution in [0.1, 0.15) is 33.6 Å². The van der Waals surface area contributed by atoms with Gasteiger partial charge < -0.3 is 29.6 Å². The Bertz CT molecular complexity index is 602. The number of nitrogens with one attached hydrogen (secondary N) is 2. The molecule has 0 aromatic rings. The summed E-state index contributed by atoms with van der Waals surface area (Å²) in [6.45, 7) is 6.88. The van der Waals surface area contributed by atoms with E-state index >= 15 is 0 Å². The Balaban J connectivity index is 3.75. The van der Waals surface area contributed by atoms with Gasteiger partial charge >= 0.3 is 11.9 Å². The molecule has 0 heterocycles. The van der Waals surface area contributed by atoms with Gasteiger partial charge in [0.1, 0.15) is 5.60 Å². The highest BCUT2D eigenvalue weighted by Crippen LogP contribution is 2.08. The first-order valence-corrected chi connectivity index (χ1v) is 10.2. The maximum atomic E-state index is 11.7. The fourth-order valence-electron chi connectivity index (χ4n) is 1.81. The lowest BCUT2D eigenvalue weighted by Gasteiger charge is -2.19. The number of hydrogen-bond donors (Lipinski definition) is 2. The van der Waals surface area contributed by atoms with E-state index in [-0.39, 0.29) is 49.6 Å². The summed E-state index contributed by atoms with van der Waals surface area (Å²) in [7, 11) is 1.26. The van der Waals surface area contributed by atoms with Crippen LogP contribution < -0.4 is 10.6 Å². The van der Waals surface area contributed by atoms with E-state index in [1.807, 2.05) is 0 Å². The summed E-state index contributed by atoms with van der Waals surface area (Å²) < 4.78 is 20.2. The molecule has 0 aromatic heterocycles. The number of methoxy groups -OCH3 is 1. The largest absolute Gasteiger partial charge is 0.469 e. The maximum absolute atomic E-state index is 11.7. The number of ether oxygens (including phenoxy) is 4. The van der Waals surface area contributed by atoms with Crippen LogP contribution in [0.4, 0.5) is 0 Å². The highest BCUT2D eigenvalue weighted by Gasteiger charge is 2.15. The van der Waals surface area contributed by atoms with Gasteiger partial charge in [0.25, 0.3) is 5.91 Å². The van der Waals surface area contributed by atoms with Crippen molar-refractivity contribution in [1.82, 2.24) is 10.6 Å². The Morgan fingerprint density at radius 2 is 1.50 bits per heavy atom. The number of hydrogen-bond acceptors (Lipinski definition) is 8. The summed E-state index contributed by atoms with van der Waals surface area (Å²) in [6, 6.07) is 0. The van der Waals surface area contributed by atoms with Gasteiger partial charge in [-0.15, -0.1) is 0 Å². The third kappa shape index (κ3) is 16.9. The standard InChI is InChI=1S/C19H31BrN2O8/c1-19(2,3)30-17(25)6-9-28-11-12-29-10-8-21-15(23)13-14(20)18(26)22-7-5-16(24)27-4/h13H,5-12H2,1-4H3,(H,21,23)(H,22,26). The molecule has 30 heavy (non-hydrogen) atoms. The molecule has 0 saturated heterocycles. The lowest BCUT2D eigenvalue weighted by atomic mass is 10.2. The Hall–Kier alpha value is -1.98. The van der Waals surface area contributed by atoms with E-state index in [1.165, 1.54) is 7.11 Å². The predicted octanol–water partition coefficient (Wildman–Crippen LogP) is 0.826. The third-order valence-electron chi connectivity index (χ3n) is 3.11. The molecule has 0 saturated carbocycles. The van der Waals surface area contributed by atoms with Crippen LogP contribution in [-0.2, 0) is 38.1 Å². The Morgan fingerprint density at radius 3 is 2.10 bits per heavy atom. The minimum Gasteiger partial charge on any atom is -0.469 e. The zero-order chi connectivity index (χ0) is 23.0. The first-order valence-electron chi connectivity index (χ1n) is 9.42. The Labute approximate surface area is 185 Å². The minimum absolute atomic E-state index is 0.0316. The lowest BCUT2D eigenvalue weighted by molar-refractivity contribution is -0.156. The average molecular weight is 495 g/mol. The van der Waals surface area contributed by atoms with Gasteiger partial charge in [0.15, 0.2) is 0 Å². The van der Waals surface area contributed by atoms with Crippen molar-refractivity contribution in [3.05, 3.63) is 10.6 Å². The molecule has 0 bridgehead atoms. The van der Waals surface area contributed by atoms with Gasteiger partial charge in [0.2, 0.25) is 5.91 Å². The fourth-order valence-corrected chi connectivity index (χ4v) is 2.16. The van der Waals surface area contributed by atoms with Crippen molar-refractivity contribution >= 4 is 39.7 Å². The molecule has 10 nitrogen and oxygen atoms in total. The predicted molar refractivity (Wildman–Crippen MR) is 112 cm³/mol. The molecular formula is C19H31BrN2O8. The van der Waals surface area contributed by atoms with Gasteiger partial charge in [-0.2, -0.15) is 0 Å². The number of esters is 2. The van der Waals surface area contributed by atoms with Crippen LogP contribution in [0, 0.1) is 0 Å². The van der Waals surface area contributed by atoms with E-state index in [9.17, 15) is 19.2 Å². The monoisotopic (exact) mass is 494 g/mol. The molecule has 0 fully saturated rings. The number of amides is 2. The van der Waals surface area contributed by atoms with Crippen LogP contribution in [0.3, 0.4) is 0 Å². The van der Waals surface area contributed by atoms with Crippen molar-refractivity contribution in [3.8, 4) is 0 Å². The van der Waals surface area contributed by atoms with Crippen molar-refractivity contribution in [2.24, 2.45) is 0 Å². The zero-order valence-corrected chi connectivity index (χ0v) is 19.5. The van der Waals surface area contributed by atoms with E-state index in [4.69, 9.17) is 14.2 Å². The van der Waals surface area contributed by atoms with Gasteiger partial charge in [-0.1, -0.05) is 0 Å². The van der Waals surface area contributed by atoms with Crippen LogP contribution in [0.25, 0.3) is 0 Å². The van der Waals surface area contributed by atoms with E-state index in [0.717, 1.165) is 6.08 Å². The third-order valence-corrected chi connectivity index (χ3v) is 3.69. The van der Waals surface area contributed by atoms with Crippen molar-refractivity contribution in [2.75, 3.05) is 46.6 Å². The molecule has 2 amide bonds. The molecule has 11 heteroatoms. The molecule has 172 valence electrons. The van der Waals surface area contributed by atoms with Gasteiger partial charge in [0, 0.05) is 19.2 Å². The summed E-state index contributed by atoms with van der Waals surface area (Å²) in [6.07, 6.45) is 1.30. The maximum Gasteiger partial charge on any atom is 0.308 e. The van der Waals surface area contributed by atoms with Crippen molar-refractivity contribution in [2.45, 2.75) is 39.2 Å². The molecule has 0 aliphatic rings. The smallest absolute Gasteiger partial charge is 0.308 e. The van der Waals surface area contributed by atoms with E-state index in [0.29, 0.717) is 13.2 Å². The van der Waals surface area contributed by atoms with Gasteiger partial charge in [-0.05, 0) is 36.7 Å². The molecule has 0 rings (SSSR count). The summed E-state index contributed by atoms with van der Waals surface area (Å²) in [5, 5.41) is 5.03. The molecule has 0 radical (unpaired) electrons. The lowest BCUT2D eigenvalue weighted by Crippen LogP contribution is -2.29. The second-order valence-corrected chi connectivity index (χ2v) is 7.78. The molecular weight excluding hydrogens is 464 g/mol. The molecule has 0 aliphatic carbocycles. The number of carbonyl (C=O) groups is 4. The topological polar surface area (TPSA) is 129 Å². The Kier molecular flexibility index (Phi) is 14.8. The first-order chi connectivity index (χ1) is 14.0. The molecule has 0 atom stereocenters. The summed E-state index contributed by atoms with van der Waals surface area (Å²) in [5.41, 5.74) is -0.510. The Morgan fingerprint density at radius 1 is 0.867 bits per heavy atom. The number of rotatable bonds is 14. The zero-order valence-electron chi connectivity index (χ0n) is 17.9. The van der Waals surface area contributed by atoms with Crippen LogP contribution in [-0.4, -0.2) is 76.0 Å². The summed E-state index contributed by atoms with van der Waals surface area (Å²) >= 11 is 3.00. The fraction of sp³-hybridized carbons (Fsp3) is 0.684. The normalized spacial score (nSPS) is 11.6. The van der Waals surface area contributed by atoms with Crippen molar-refractivity contribution in [1.29, 1.82) is 0 Å². The highest BCUT2D eigenvalue weighted by molar-refractivity contribution is 9.12. The van der Waals surface area contributed by atoms with Gasteiger partial charge in [-0.3, -0.25) is 19.2 Å². The quantitative estimate of drug-likeness (QED) is 0.206. The number of halogens is 1. The van der Waals surface area contributed by atoms with E-state index < -0.39 is 23.4 Å². The van der Waals surface area contributed by atoms with Gasteiger partial charge in [-0.25, -0.2) is 0 Å². The van der Waals surface area contributed by atoms with Crippen molar-refractivity contribution < 1.29 is 38.1 Å². The first kappa shape index (κ1) is 28.0. The van der Waals surface area contributed by atoms with Crippen molar-refractivity contribution in [3.63, 3.8) is 0 Å². The summed E-state index contributed by atoms with van der Waals surface area (Å²) in [5.74, 6) is -1.75. The molecule has 0 aromatic carbocycles. The molecule has 0 unspecified atom stereocenters. The van der Waals surface area contributed by atoms with Crippen LogP contribution in [0.2, 0.25) is 0 Å². The molecule has 0 spiro atoms. The average Bonchev–Trinajstić information content (AvgIpc) is 2.64. The van der Waals surface area contributed by atoms with Crippen LogP contribution in [0.5, 0.6) is 0 Å². The SMILES string of the molecule is COC(=O)CCNC(=O)C(Br)=CC(=O)NCCOCCOCCC(=O)OC(C)(C)C. The number of carbonyl (C=O) groups excluding carboxylic acids is 4. The van der Waals surface area contributed by atoms with Gasteiger partial charge in [0.05, 0.1) is 50.9 Å².